The normalized spacial score (nSPS) is 10.3. The number of aromatic nitrogens is 2. The van der Waals surface area contributed by atoms with Crippen LogP contribution in [0.5, 0.6) is 0 Å². The van der Waals surface area contributed by atoms with Crippen LogP contribution in [0.25, 0.3) is 0 Å². The first-order chi connectivity index (χ1) is 7.09. The SMILES string of the molecule is Cc1cc(CNCCNC(N)=O)n(C)n1. The Balaban J connectivity index is 2.20. The number of urea groups is 1. The molecule has 1 aromatic rings. The summed E-state index contributed by atoms with van der Waals surface area (Å²) in [7, 11) is 1.91. The minimum atomic E-state index is -0.492. The summed E-state index contributed by atoms with van der Waals surface area (Å²) >= 11 is 0. The molecule has 1 heterocycles. The molecule has 2 amide bonds. The molecule has 0 unspecified atom stereocenters. The van der Waals surface area contributed by atoms with Gasteiger partial charge in [-0.25, -0.2) is 4.79 Å². The number of rotatable bonds is 5. The quantitative estimate of drug-likeness (QED) is 0.573. The van der Waals surface area contributed by atoms with Gasteiger partial charge in [-0.15, -0.1) is 0 Å². The molecule has 0 aromatic carbocycles. The summed E-state index contributed by atoms with van der Waals surface area (Å²) in [6.45, 7) is 3.91. The van der Waals surface area contributed by atoms with Gasteiger partial charge in [0, 0.05) is 26.7 Å². The van der Waals surface area contributed by atoms with Crippen molar-refractivity contribution in [2.24, 2.45) is 12.8 Å². The fourth-order valence-corrected chi connectivity index (χ4v) is 1.32. The van der Waals surface area contributed by atoms with Crippen molar-refractivity contribution in [3.63, 3.8) is 0 Å². The van der Waals surface area contributed by atoms with Crippen molar-refractivity contribution in [2.45, 2.75) is 13.5 Å². The smallest absolute Gasteiger partial charge is 0.312 e. The lowest BCUT2D eigenvalue weighted by molar-refractivity contribution is 0.249. The van der Waals surface area contributed by atoms with Gasteiger partial charge in [-0.1, -0.05) is 0 Å². The van der Waals surface area contributed by atoms with E-state index in [2.05, 4.69) is 15.7 Å². The largest absolute Gasteiger partial charge is 0.352 e. The molecular weight excluding hydrogens is 194 g/mol. The van der Waals surface area contributed by atoms with E-state index in [0.717, 1.165) is 17.9 Å². The van der Waals surface area contributed by atoms with E-state index >= 15 is 0 Å². The first-order valence-electron chi connectivity index (χ1n) is 4.83. The van der Waals surface area contributed by atoms with Gasteiger partial charge in [-0.3, -0.25) is 4.68 Å². The molecule has 6 heteroatoms. The second kappa shape index (κ2) is 5.35. The Hall–Kier alpha value is -1.56. The molecule has 1 rings (SSSR count). The Morgan fingerprint density at radius 2 is 2.33 bits per heavy atom. The third kappa shape index (κ3) is 3.99. The van der Waals surface area contributed by atoms with Crippen LogP contribution in [-0.2, 0) is 13.6 Å². The molecule has 0 bridgehead atoms. The highest BCUT2D eigenvalue weighted by molar-refractivity contribution is 5.71. The minimum Gasteiger partial charge on any atom is -0.352 e. The van der Waals surface area contributed by atoms with Crippen LogP contribution in [-0.4, -0.2) is 28.9 Å². The second-order valence-electron chi connectivity index (χ2n) is 3.37. The molecule has 4 N–H and O–H groups in total. The van der Waals surface area contributed by atoms with E-state index in [1.807, 2.05) is 24.7 Å². The van der Waals surface area contributed by atoms with Gasteiger partial charge < -0.3 is 16.4 Å². The molecular formula is C9H17N5O. The summed E-state index contributed by atoms with van der Waals surface area (Å²) in [4.78, 5) is 10.4. The standard InChI is InChI=1S/C9H17N5O/c1-7-5-8(14(2)13-7)6-11-3-4-12-9(10)15/h5,11H,3-4,6H2,1-2H3,(H3,10,12,15). The summed E-state index contributed by atoms with van der Waals surface area (Å²) in [5.41, 5.74) is 7.04. The van der Waals surface area contributed by atoms with Crippen molar-refractivity contribution in [1.29, 1.82) is 0 Å². The van der Waals surface area contributed by atoms with Gasteiger partial charge in [0.05, 0.1) is 11.4 Å². The van der Waals surface area contributed by atoms with Crippen LogP contribution in [0.3, 0.4) is 0 Å². The summed E-state index contributed by atoms with van der Waals surface area (Å²) in [5.74, 6) is 0. The zero-order valence-corrected chi connectivity index (χ0v) is 9.08. The predicted molar refractivity (Wildman–Crippen MR) is 57.2 cm³/mol. The topological polar surface area (TPSA) is 85.0 Å². The van der Waals surface area contributed by atoms with Crippen molar-refractivity contribution in [1.82, 2.24) is 20.4 Å². The molecule has 0 atom stereocenters. The van der Waals surface area contributed by atoms with E-state index in [9.17, 15) is 4.79 Å². The first-order valence-corrected chi connectivity index (χ1v) is 4.83. The lowest BCUT2D eigenvalue weighted by Crippen LogP contribution is -2.35. The molecule has 0 saturated carbocycles. The Morgan fingerprint density at radius 3 is 2.87 bits per heavy atom. The zero-order chi connectivity index (χ0) is 11.3. The number of carbonyl (C=O) groups is 1. The maximum absolute atomic E-state index is 10.4. The molecule has 0 aliphatic carbocycles. The number of aryl methyl sites for hydroxylation is 2. The third-order valence-corrected chi connectivity index (χ3v) is 2.01. The fourth-order valence-electron chi connectivity index (χ4n) is 1.32. The van der Waals surface area contributed by atoms with E-state index in [4.69, 9.17) is 5.73 Å². The fraction of sp³-hybridized carbons (Fsp3) is 0.556. The van der Waals surface area contributed by atoms with E-state index in [1.54, 1.807) is 0 Å². The summed E-state index contributed by atoms with van der Waals surface area (Å²) in [5, 5.41) is 9.91. The van der Waals surface area contributed by atoms with Gasteiger partial charge >= 0.3 is 6.03 Å². The Morgan fingerprint density at radius 1 is 1.60 bits per heavy atom. The molecule has 84 valence electrons. The zero-order valence-electron chi connectivity index (χ0n) is 9.08. The van der Waals surface area contributed by atoms with Crippen molar-refractivity contribution in [3.05, 3.63) is 17.5 Å². The van der Waals surface area contributed by atoms with Crippen molar-refractivity contribution < 1.29 is 4.79 Å². The molecule has 0 aliphatic rings. The lowest BCUT2D eigenvalue weighted by Gasteiger charge is -2.05. The van der Waals surface area contributed by atoms with Gasteiger partial charge in [0.2, 0.25) is 0 Å². The van der Waals surface area contributed by atoms with Crippen LogP contribution in [0.2, 0.25) is 0 Å². The maximum Gasteiger partial charge on any atom is 0.312 e. The maximum atomic E-state index is 10.4. The number of nitrogens with two attached hydrogens (primary N) is 1. The number of carbonyl (C=O) groups excluding carboxylic acids is 1. The number of amides is 2. The Bertz CT molecular complexity index is 333. The Labute approximate surface area is 88.8 Å². The molecule has 0 saturated heterocycles. The predicted octanol–water partition coefficient (Wildman–Crippen LogP) is -0.514. The average molecular weight is 211 g/mol. The molecule has 0 radical (unpaired) electrons. The second-order valence-corrected chi connectivity index (χ2v) is 3.37. The van der Waals surface area contributed by atoms with Gasteiger partial charge in [0.1, 0.15) is 0 Å². The lowest BCUT2D eigenvalue weighted by atomic mass is 10.3. The summed E-state index contributed by atoms with van der Waals surface area (Å²) in [6, 6.07) is 1.53. The van der Waals surface area contributed by atoms with E-state index in [1.165, 1.54) is 0 Å². The van der Waals surface area contributed by atoms with Gasteiger partial charge in [-0.05, 0) is 13.0 Å². The molecule has 15 heavy (non-hydrogen) atoms. The third-order valence-electron chi connectivity index (χ3n) is 2.01. The van der Waals surface area contributed by atoms with Crippen molar-refractivity contribution >= 4 is 6.03 Å². The van der Waals surface area contributed by atoms with E-state index in [0.29, 0.717) is 13.1 Å². The molecule has 1 aromatic heterocycles. The van der Waals surface area contributed by atoms with Gasteiger partial charge in [-0.2, -0.15) is 5.10 Å². The number of hydrogen-bond donors (Lipinski definition) is 3. The van der Waals surface area contributed by atoms with E-state index in [-0.39, 0.29) is 0 Å². The minimum absolute atomic E-state index is 0.492. The van der Waals surface area contributed by atoms with Crippen LogP contribution < -0.4 is 16.4 Å². The van der Waals surface area contributed by atoms with Crippen molar-refractivity contribution in [3.8, 4) is 0 Å². The highest BCUT2D eigenvalue weighted by Gasteiger charge is 2.00. The van der Waals surface area contributed by atoms with E-state index < -0.39 is 6.03 Å². The number of hydrogen-bond acceptors (Lipinski definition) is 3. The summed E-state index contributed by atoms with van der Waals surface area (Å²) < 4.78 is 1.84. The molecule has 0 aliphatic heterocycles. The van der Waals surface area contributed by atoms with Crippen LogP contribution >= 0.6 is 0 Å². The van der Waals surface area contributed by atoms with Crippen LogP contribution in [0.1, 0.15) is 11.4 Å². The van der Waals surface area contributed by atoms with Crippen LogP contribution in [0.4, 0.5) is 4.79 Å². The van der Waals surface area contributed by atoms with Crippen LogP contribution in [0.15, 0.2) is 6.07 Å². The van der Waals surface area contributed by atoms with Crippen molar-refractivity contribution in [2.75, 3.05) is 13.1 Å². The molecule has 0 fully saturated rings. The van der Waals surface area contributed by atoms with Gasteiger partial charge in [0.15, 0.2) is 0 Å². The Kier molecular flexibility index (Phi) is 4.11. The number of primary amides is 1. The van der Waals surface area contributed by atoms with Crippen LogP contribution in [0, 0.1) is 6.92 Å². The summed E-state index contributed by atoms with van der Waals surface area (Å²) in [6.07, 6.45) is 0. The monoisotopic (exact) mass is 211 g/mol. The molecule has 6 nitrogen and oxygen atoms in total. The number of nitrogens with zero attached hydrogens (tertiary/aromatic N) is 2. The number of nitrogens with one attached hydrogen (secondary N) is 2. The highest BCUT2D eigenvalue weighted by atomic mass is 16.2. The average Bonchev–Trinajstić information content (AvgIpc) is 2.44. The highest BCUT2D eigenvalue weighted by Crippen LogP contribution is 2.00. The van der Waals surface area contributed by atoms with Gasteiger partial charge in [0.25, 0.3) is 0 Å². The first kappa shape index (κ1) is 11.5. The molecule has 0 spiro atoms.